The van der Waals surface area contributed by atoms with Crippen molar-refractivity contribution < 1.29 is 14.5 Å². The number of piperazine rings is 1. The first-order valence-electron chi connectivity index (χ1n) is 10.3. The van der Waals surface area contributed by atoms with Crippen LogP contribution in [-0.4, -0.2) is 47.8 Å². The van der Waals surface area contributed by atoms with Crippen LogP contribution in [0.5, 0.6) is 0 Å². The third-order valence-corrected chi connectivity index (χ3v) is 5.44. The van der Waals surface area contributed by atoms with E-state index in [0.717, 1.165) is 5.69 Å². The highest BCUT2D eigenvalue weighted by molar-refractivity contribution is 6.10. The molecular weight excluding hydrogens is 408 g/mol. The molecule has 0 atom stereocenters. The van der Waals surface area contributed by atoms with Gasteiger partial charge in [0.25, 0.3) is 17.5 Å². The molecule has 0 radical (unpaired) electrons. The molecule has 162 valence electrons. The Kier molecular flexibility index (Phi) is 6.12. The van der Waals surface area contributed by atoms with E-state index in [-0.39, 0.29) is 17.2 Å². The number of carbonyl (C=O) groups excluding carboxylic acids is 2. The van der Waals surface area contributed by atoms with Crippen LogP contribution in [0.3, 0.4) is 0 Å². The SMILES string of the molecule is O=C(Nc1ccccc1C(=O)N1CCN(c2ccccc2)CC1)c1ccccc1[N+](=O)[O-]. The molecule has 8 nitrogen and oxygen atoms in total. The minimum atomic E-state index is -0.633. The predicted octanol–water partition coefficient (Wildman–Crippen LogP) is 3.81. The molecule has 8 heteroatoms. The van der Waals surface area contributed by atoms with E-state index in [9.17, 15) is 19.7 Å². The van der Waals surface area contributed by atoms with Crippen LogP contribution in [0.4, 0.5) is 17.1 Å². The molecule has 32 heavy (non-hydrogen) atoms. The highest BCUT2D eigenvalue weighted by atomic mass is 16.6. The van der Waals surface area contributed by atoms with Gasteiger partial charge in [-0.1, -0.05) is 42.5 Å². The summed E-state index contributed by atoms with van der Waals surface area (Å²) in [5.74, 6) is -0.817. The van der Waals surface area contributed by atoms with Crippen molar-refractivity contribution in [2.75, 3.05) is 36.4 Å². The summed E-state index contributed by atoms with van der Waals surface area (Å²) in [4.78, 5) is 40.6. The quantitative estimate of drug-likeness (QED) is 0.491. The lowest BCUT2D eigenvalue weighted by Gasteiger charge is -2.36. The summed E-state index contributed by atoms with van der Waals surface area (Å²) in [5, 5.41) is 13.9. The van der Waals surface area contributed by atoms with Gasteiger partial charge in [0.05, 0.1) is 16.2 Å². The number of benzene rings is 3. The summed E-state index contributed by atoms with van der Waals surface area (Å²) >= 11 is 0. The Balaban J connectivity index is 1.49. The first-order valence-corrected chi connectivity index (χ1v) is 10.3. The number of hydrogen-bond acceptors (Lipinski definition) is 5. The van der Waals surface area contributed by atoms with Crippen molar-refractivity contribution in [3.05, 3.63) is 100 Å². The Labute approximate surface area is 185 Å². The number of nitrogens with zero attached hydrogens (tertiary/aromatic N) is 3. The lowest BCUT2D eigenvalue weighted by molar-refractivity contribution is -0.385. The molecule has 3 aromatic rings. The standard InChI is InChI=1S/C24H22N4O4/c29-23(20-11-5-7-13-22(20)28(31)32)25-21-12-6-4-10-19(21)24(30)27-16-14-26(15-17-27)18-8-2-1-3-9-18/h1-13H,14-17H2,(H,25,29). The van der Waals surface area contributed by atoms with Crippen LogP contribution < -0.4 is 10.2 Å². The van der Waals surface area contributed by atoms with Crippen LogP contribution in [0, 0.1) is 10.1 Å². The van der Waals surface area contributed by atoms with Gasteiger partial charge < -0.3 is 15.1 Å². The van der Waals surface area contributed by atoms with Gasteiger partial charge in [0, 0.05) is 37.9 Å². The second-order valence-corrected chi connectivity index (χ2v) is 7.39. The van der Waals surface area contributed by atoms with Crippen molar-refractivity contribution in [2.24, 2.45) is 0 Å². The maximum Gasteiger partial charge on any atom is 0.282 e. The molecule has 2 amide bonds. The molecule has 0 aromatic heterocycles. The molecule has 0 bridgehead atoms. The van der Waals surface area contributed by atoms with Gasteiger partial charge in [-0.05, 0) is 30.3 Å². The van der Waals surface area contributed by atoms with E-state index in [0.29, 0.717) is 37.4 Å². The summed E-state index contributed by atoms with van der Waals surface area (Å²) in [6.45, 7) is 2.53. The average molecular weight is 430 g/mol. The van der Waals surface area contributed by atoms with Gasteiger partial charge in [0.2, 0.25) is 0 Å². The maximum absolute atomic E-state index is 13.2. The number of carbonyl (C=O) groups is 2. The number of anilines is 2. The van der Waals surface area contributed by atoms with Crippen LogP contribution in [0.25, 0.3) is 0 Å². The highest BCUT2D eigenvalue weighted by Gasteiger charge is 2.25. The third-order valence-electron chi connectivity index (χ3n) is 5.44. The lowest BCUT2D eigenvalue weighted by Crippen LogP contribution is -2.48. The van der Waals surface area contributed by atoms with Gasteiger partial charge in [-0.2, -0.15) is 0 Å². The van der Waals surface area contributed by atoms with Crippen molar-refractivity contribution in [2.45, 2.75) is 0 Å². The lowest BCUT2D eigenvalue weighted by atomic mass is 10.1. The van der Waals surface area contributed by atoms with E-state index < -0.39 is 10.8 Å². The predicted molar refractivity (Wildman–Crippen MR) is 122 cm³/mol. The number of hydrogen-bond donors (Lipinski definition) is 1. The third kappa shape index (κ3) is 4.44. The second-order valence-electron chi connectivity index (χ2n) is 7.39. The van der Waals surface area contributed by atoms with Crippen LogP contribution in [0.2, 0.25) is 0 Å². The van der Waals surface area contributed by atoms with Crippen LogP contribution in [-0.2, 0) is 0 Å². The van der Waals surface area contributed by atoms with Crippen molar-refractivity contribution in [3.63, 3.8) is 0 Å². The van der Waals surface area contributed by atoms with E-state index in [1.165, 1.54) is 18.2 Å². The molecule has 0 spiro atoms. The molecule has 1 heterocycles. The molecule has 3 aromatic carbocycles. The summed E-state index contributed by atoms with van der Waals surface area (Å²) in [6.07, 6.45) is 0. The molecule has 1 fully saturated rings. The number of para-hydroxylation sites is 3. The smallest absolute Gasteiger partial charge is 0.282 e. The number of amides is 2. The molecule has 1 aliphatic rings. The number of nitrogens with one attached hydrogen (secondary N) is 1. The Morgan fingerprint density at radius 3 is 2.06 bits per heavy atom. The largest absolute Gasteiger partial charge is 0.368 e. The van der Waals surface area contributed by atoms with Gasteiger partial charge in [0.15, 0.2) is 0 Å². The topological polar surface area (TPSA) is 95.8 Å². The summed E-state index contributed by atoms with van der Waals surface area (Å²) in [6, 6.07) is 22.5. The first kappa shape index (κ1) is 21.0. The Morgan fingerprint density at radius 1 is 0.781 bits per heavy atom. The molecule has 0 saturated carbocycles. The van der Waals surface area contributed by atoms with Crippen molar-refractivity contribution >= 4 is 28.9 Å². The fourth-order valence-electron chi connectivity index (χ4n) is 3.77. The summed E-state index contributed by atoms with van der Waals surface area (Å²) < 4.78 is 0. The monoisotopic (exact) mass is 430 g/mol. The first-order chi connectivity index (χ1) is 15.5. The zero-order chi connectivity index (χ0) is 22.5. The van der Waals surface area contributed by atoms with E-state index in [1.807, 2.05) is 30.3 Å². The van der Waals surface area contributed by atoms with E-state index in [2.05, 4.69) is 10.2 Å². The highest BCUT2D eigenvalue weighted by Crippen LogP contribution is 2.23. The fourth-order valence-corrected chi connectivity index (χ4v) is 3.77. The Hall–Kier alpha value is -4.20. The number of nitro groups is 1. The van der Waals surface area contributed by atoms with E-state index >= 15 is 0 Å². The second kappa shape index (κ2) is 9.30. The zero-order valence-corrected chi connectivity index (χ0v) is 17.3. The van der Waals surface area contributed by atoms with Crippen LogP contribution in [0.1, 0.15) is 20.7 Å². The number of nitro benzene ring substituents is 1. The molecule has 1 aliphatic heterocycles. The van der Waals surface area contributed by atoms with Gasteiger partial charge in [-0.25, -0.2) is 0 Å². The van der Waals surface area contributed by atoms with E-state index in [1.54, 1.807) is 35.2 Å². The molecule has 0 aliphatic carbocycles. The summed E-state index contributed by atoms with van der Waals surface area (Å²) in [7, 11) is 0. The fraction of sp³-hybridized carbons (Fsp3) is 0.167. The maximum atomic E-state index is 13.2. The van der Waals surface area contributed by atoms with Crippen molar-refractivity contribution in [1.29, 1.82) is 0 Å². The normalized spacial score (nSPS) is 13.5. The van der Waals surface area contributed by atoms with Gasteiger partial charge >= 0.3 is 0 Å². The van der Waals surface area contributed by atoms with Crippen LogP contribution >= 0.6 is 0 Å². The minimum Gasteiger partial charge on any atom is -0.368 e. The minimum absolute atomic E-state index is 0.0590. The average Bonchev–Trinajstić information content (AvgIpc) is 2.84. The van der Waals surface area contributed by atoms with Crippen molar-refractivity contribution in [3.8, 4) is 0 Å². The Morgan fingerprint density at radius 2 is 1.38 bits per heavy atom. The van der Waals surface area contributed by atoms with Crippen LogP contribution in [0.15, 0.2) is 78.9 Å². The van der Waals surface area contributed by atoms with Gasteiger partial charge in [-0.3, -0.25) is 19.7 Å². The molecule has 1 saturated heterocycles. The van der Waals surface area contributed by atoms with Crippen molar-refractivity contribution in [1.82, 2.24) is 4.90 Å². The van der Waals surface area contributed by atoms with E-state index in [4.69, 9.17) is 0 Å². The molecule has 0 unspecified atom stereocenters. The van der Waals surface area contributed by atoms with Gasteiger partial charge in [-0.15, -0.1) is 0 Å². The molecular formula is C24H22N4O4. The summed E-state index contributed by atoms with van der Waals surface area (Å²) in [5.41, 5.74) is 1.46. The molecule has 4 rings (SSSR count). The Bertz CT molecular complexity index is 1140. The zero-order valence-electron chi connectivity index (χ0n) is 17.3. The molecule has 1 N–H and O–H groups in total. The number of rotatable bonds is 5. The van der Waals surface area contributed by atoms with Gasteiger partial charge in [0.1, 0.15) is 5.56 Å².